The predicted octanol–water partition coefficient (Wildman–Crippen LogP) is 7.27. The van der Waals surface area contributed by atoms with E-state index in [9.17, 15) is 4.79 Å². The number of rotatable bonds is 8. The molecule has 4 aromatic carbocycles. The molecule has 1 aliphatic heterocycles. The first kappa shape index (κ1) is 27.3. The van der Waals surface area contributed by atoms with Gasteiger partial charge in [0.05, 0.1) is 38.7 Å². The number of carbonyl (C=O) groups excluding carboxylic acids is 1. The molecule has 42 heavy (non-hydrogen) atoms. The molecule has 0 saturated carbocycles. The second-order valence-corrected chi connectivity index (χ2v) is 10.5. The fourth-order valence-corrected chi connectivity index (χ4v) is 5.81. The molecule has 214 valence electrons. The van der Waals surface area contributed by atoms with Gasteiger partial charge in [-0.2, -0.15) is 0 Å². The fourth-order valence-electron chi connectivity index (χ4n) is 5.81. The summed E-state index contributed by atoms with van der Waals surface area (Å²) in [5.41, 5.74) is 6.62. The lowest BCUT2D eigenvalue weighted by Crippen LogP contribution is -2.27. The van der Waals surface area contributed by atoms with Gasteiger partial charge in [0.1, 0.15) is 12.4 Å². The Morgan fingerprint density at radius 3 is 2.07 bits per heavy atom. The summed E-state index contributed by atoms with van der Waals surface area (Å²) >= 11 is 0. The minimum absolute atomic E-state index is 0.0582. The van der Waals surface area contributed by atoms with E-state index in [0.717, 1.165) is 45.1 Å². The second-order valence-electron chi connectivity index (χ2n) is 10.5. The number of para-hydroxylation sites is 2. The van der Waals surface area contributed by atoms with Crippen molar-refractivity contribution in [1.29, 1.82) is 0 Å². The zero-order valence-corrected chi connectivity index (χ0v) is 24.0. The Morgan fingerprint density at radius 2 is 1.40 bits per heavy atom. The molecule has 0 fully saturated rings. The number of fused-ring (bicyclic) bond motifs is 1. The summed E-state index contributed by atoms with van der Waals surface area (Å²) in [6.45, 7) is 0.495. The lowest BCUT2D eigenvalue weighted by Gasteiger charge is -2.30. The van der Waals surface area contributed by atoms with Crippen LogP contribution in [0.2, 0.25) is 0 Å². The van der Waals surface area contributed by atoms with Crippen molar-refractivity contribution in [1.82, 2.24) is 0 Å². The van der Waals surface area contributed by atoms with Crippen LogP contribution in [0.25, 0.3) is 0 Å². The standard InChI is InChI=1S/C35H34N2O5/c1-39-31-19-25(20-32(40-2)35(31)41-3)24-17-29-33(30(38)18-24)34(37-28-12-8-7-11-27(28)36-29)23-13-15-26(16-14-23)42-21-22-9-5-4-6-10-22/h4-16,19-20,24,34,36-37H,17-18,21H2,1-3H3/t24-,34-/m0/s1. The van der Waals surface area contributed by atoms with Crippen molar-refractivity contribution < 1.29 is 23.7 Å². The Morgan fingerprint density at radius 1 is 0.738 bits per heavy atom. The zero-order valence-electron chi connectivity index (χ0n) is 24.0. The first-order valence-electron chi connectivity index (χ1n) is 14.0. The number of carbonyl (C=O) groups is 1. The Hall–Kier alpha value is -4.91. The van der Waals surface area contributed by atoms with E-state index >= 15 is 0 Å². The van der Waals surface area contributed by atoms with Gasteiger partial charge in [0.25, 0.3) is 0 Å². The van der Waals surface area contributed by atoms with Crippen molar-refractivity contribution >= 4 is 17.2 Å². The van der Waals surface area contributed by atoms with Gasteiger partial charge in [-0.3, -0.25) is 4.79 Å². The predicted molar refractivity (Wildman–Crippen MR) is 164 cm³/mol. The highest BCUT2D eigenvalue weighted by atomic mass is 16.5. The smallest absolute Gasteiger partial charge is 0.203 e. The fraction of sp³-hybridized carbons (Fsp3) is 0.229. The normalized spacial score (nSPS) is 17.6. The molecule has 0 bridgehead atoms. The summed E-state index contributed by atoms with van der Waals surface area (Å²) in [4.78, 5) is 14.0. The van der Waals surface area contributed by atoms with Crippen molar-refractivity contribution in [3.63, 3.8) is 0 Å². The highest BCUT2D eigenvalue weighted by molar-refractivity contribution is 6.01. The quantitative estimate of drug-likeness (QED) is 0.234. The summed E-state index contributed by atoms with van der Waals surface area (Å²) in [5, 5.41) is 7.26. The SMILES string of the molecule is COc1cc([C@@H]2CC(=O)C3=C(C2)Nc2ccccc2N[C@H]3c2ccc(OCc3ccccc3)cc2)cc(OC)c1OC. The number of methoxy groups -OCH3 is 3. The number of anilines is 2. The number of ether oxygens (including phenoxy) is 4. The van der Waals surface area contributed by atoms with Crippen LogP contribution in [-0.2, 0) is 11.4 Å². The van der Waals surface area contributed by atoms with E-state index < -0.39 is 0 Å². The number of benzene rings is 4. The minimum atomic E-state index is -0.312. The maximum absolute atomic E-state index is 14.0. The lowest BCUT2D eigenvalue weighted by molar-refractivity contribution is -0.116. The van der Waals surface area contributed by atoms with Crippen molar-refractivity contribution in [2.45, 2.75) is 31.4 Å². The van der Waals surface area contributed by atoms with Gasteiger partial charge in [0.2, 0.25) is 5.75 Å². The van der Waals surface area contributed by atoms with E-state index in [2.05, 4.69) is 10.6 Å². The molecular weight excluding hydrogens is 528 g/mol. The summed E-state index contributed by atoms with van der Waals surface area (Å²) in [6, 6.07) is 29.7. The van der Waals surface area contributed by atoms with E-state index in [1.807, 2.05) is 91.0 Å². The van der Waals surface area contributed by atoms with Gasteiger partial charge in [-0.15, -0.1) is 0 Å². The topological polar surface area (TPSA) is 78.1 Å². The molecule has 4 aromatic rings. The average Bonchev–Trinajstić information content (AvgIpc) is 3.21. The van der Waals surface area contributed by atoms with Gasteiger partial charge in [0.15, 0.2) is 17.3 Å². The summed E-state index contributed by atoms with van der Waals surface area (Å²) < 4.78 is 22.7. The Bertz CT molecular complexity index is 1590. The molecular formula is C35H34N2O5. The molecule has 0 aromatic heterocycles. The largest absolute Gasteiger partial charge is 0.493 e. The Labute approximate surface area is 246 Å². The molecule has 0 amide bonds. The number of ketones is 1. The molecule has 6 rings (SSSR count). The molecule has 1 heterocycles. The maximum Gasteiger partial charge on any atom is 0.203 e. The van der Waals surface area contributed by atoms with Crippen LogP contribution in [0.5, 0.6) is 23.0 Å². The third-order valence-electron chi connectivity index (χ3n) is 7.93. The highest BCUT2D eigenvalue weighted by Crippen LogP contribution is 2.47. The number of hydrogen-bond donors (Lipinski definition) is 2. The summed E-state index contributed by atoms with van der Waals surface area (Å²) in [7, 11) is 4.79. The van der Waals surface area contributed by atoms with Crippen LogP contribution < -0.4 is 29.6 Å². The first-order valence-corrected chi connectivity index (χ1v) is 14.0. The summed E-state index contributed by atoms with van der Waals surface area (Å²) in [5.74, 6) is 2.50. The molecule has 7 heteroatoms. The van der Waals surface area contributed by atoms with Gasteiger partial charge < -0.3 is 29.6 Å². The third-order valence-corrected chi connectivity index (χ3v) is 7.93. The molecule has 2 aliphatic rings. The van der Waals surface area contributed by atoms with Gasteiger partial charge in [-0.25, -0.2) is 0 Å². The van der Waals surface area contributed by atoms with Gasteiger partial charge in [-0.05, 0) is 65.4 Å². The van der Waals surface area contributed by atoms with Gasteiger partial charge in [-0.1, -0.05) is 54.6 Å². The molecule has 7 nitrogen and oxygen atoms in total. The molecule has 2 atom stereocenters. The second kappa shape index (κ2) is 11.9. The molecule has 0 spiro atoms. The number of Topliss-reactive ketones (excluding diaryl/α,β-unsaturated/α-hetero) is 1. The van der Waals surface area contributed by atoms with Gasteiger partial charge >= 0.3 is 0 Å². The monoisotopic (exact) mass is 562 g/mol. The van der Waals surface area contributed by atoms with Crippen molar-refractivity contribution in [2.75, 3.05) is 32.0 Å². The Balaban J connectivity index is 1.33. The first-order chi connectivity index (χ1) is 20.6. The molecule has 1 aliphatic carbocycles. The van der Waals surface area contributed by atoms with Crippen molar-refractivity contribution in [2.24, 2.45) is 0 Å². The van der Waals surface area contributed by atoms with Crippen LogP contribution in [-0.4, -0.2) is 27.1 Å². The van der Waals surface area contributed by atoms with Crippen LogP contribution >= 0.6 is 0 Å². The maximum atomic E-state index is 14.0. The van der Waals surface area contributed by atoms with E-state index in [1.165, 1.54) is 0 Å². The average molecular weight is 563 g/mol. The lowest BCUT2D eigenvalue weighted by atomic mass is 9.78. The molecule has 0 saturated heterocycles. The molecule has 0 unspecified atom stereocenters. The summed E-state index contributed by atoms with van der Waals surface area (Å²) in [6.07, 6.45) is 1.02. The molecule has 0 radical (unpaired) electrons. The minimum Gasteiger partial charge on any atom is -0.493 e. The van der Waals surface area contributed by atoms with Crippen LogP contribution in [0.15, 0.2) is 102 Å². The van der Waals surface area contributed by atoms with Crippen LogP contribution in [0.4, 0.5) is 11.4 Å². The zero-order chi connectivity index (χ0) is 29.1. The van der Waals surface area contributed by atoms with Crippen molar-refractivity contribution in [3.8, 4) is 23.0 Å². The number of hydrogen-bond acceptors (Lipinski definition) is 7. The van der Waals surface area contributed by atoms with E-state index in [1.54, 1.807) is 21.3 Å². The highest BCUT2D eigenvalue weighted by Gasteiger charge is 2.36. The van der Waals surface area contributed by atoms with E-state index in [0.29, 0.717) is 36.7 Å². The number of allylic oxidation sites excluding steroid dienone is 1. The molecule has 2 N–H and O–H groups in total. The number of nitrogens with one attached hydrogen (secondary N) is 2. The van der Waals surface area contributed by atoms with Crippen molar-refractivity contribution in [3.05, 3.63) is 119 Å². The third kappa shape index (κ3) is 5.38. The van der Waals surface area contributed by atoms with E-state index in [4.69, 9.17) is 18.9 Å². The van der Waals surface area contributed by atoms with Crippen LogP contribution in [0, 0.1) is 0 Å². The van der Waals surface area contributed by atoms with Gasteiger partial charge in [0, 0.05) is 17.7 Å². The van der Waals surface area contributed by atoms with E-state index in [-0.39, 0.29) is 17.7 Å². The van der Waals surface area contributed by atoms with Crippen LogP contribution in [0.3, 0.4) is 0 Å². The van der Waals surface area contributed by atoms with Crippen LogP contribution in [0.1, 0.15) is 41.5 Å². The Kier molecular flexibility index (Phi) is 7.73.